The van der Waals surface area contributed by atoms with Gasteiger partial charge in [-0.2, -0.15) is 0 Å². The molecule has 2 saturated heterocycles. The summed E-state index contributed by atoms with van der Waals surface area (Å²) in [6, 6.07) is 5.91. The van der Waals surface area contributed by atoms with Crippen molar-refractivity contribution in [2.75, 3.05) is 26.2 Å². The third-order valence-corrected chi connectivity index (χ3v) is 5.82. The highest BCUT2D eigenvalue weighted by Gasteiger charge is 2.41. The van der Waals surface area contributed by atoms with E-state index in [1.807, 2.05) is 47.1 Å². The molecule has 2 fully saturated rings. The van der Waals surface area contributed by atoms with E-state index in [0.717, 1.165) is 57.6 Å². The number of carbonyl (C=O) groups is 2. The number of rotatable bonds is 5. The van der Waals surface area contributed by atoms with Crippen molar-refractivity contribution in [3.63, 3.8) is 0 Å². The Balaban J connectivity index is 1.54. The van der Waals surface area contributed by atoms with Gasteiger partial charge in [0.15, 0.2) is 0 Å². The summed E-state index contributed by atoms with van der Waals surface area (Å²) < 4.78 is 0. The smallest absolute Gasteiger partial charge is 0.226 e. The highest BCUT2D eigenvalue weighted by atomic mass is 16.2. The van der Waals surface area contributed by atoms with E-state index in [9.17, 15) is 9.59 Å². The van der Waals surface area contributed by atoms with Gasteiger partial charge in [0.1, 0.15) is 0 Å². The molecule has 3 heterocycles. The summed E-state index contributed by atoms with van der Waals surface area (Å²) in [5, 5.41) is 0. The standard InChI is InChI=1S/C21H29N3O2/c1-2-3-7-19(25)23-15-11-21(12-16-23)10-8-20(26)24(17-21)14-9-18-6-4-5-13-22-18/h2-6,13H,7-12,14-17H2,1H3. The van der Waals surface area contributed by atoms with E-state index in [-0.39, 0.29) is 17.2 Å². The fraction of sp³-hybridized carbons (Fsp3) is 0.571. The van der Waals surface area contributed by atoms with E-state index in [1.165, 1.54) is 0 Å². The molecule has 0 saturated carbocycles. The maximum Gasteiger partial charge on any atom is 0.226 e. The quantitative estimate of drug-likeness (QED) is 0.763. The van der Waals surface area contributed by atoms with Crippen molar-refractivity contribution < 1.29 is 9.59 Å². The summed E-state index contributed by atoms with van der Waals surface area (Å²) in [6.07, 6.45) is 10.5. The lowest BCUT2D eigenvalue weighted by Crippen LogP contribution is -2.52. The van der Waals surface area contributed by atoms with Crippen molar-refractivity contribution >= 4 is 11.8 Å². The monoisotopic (exact) mass is 355 g/mol. The molecule has 2 aliphatic heterocycles. The van der Waals surface area contributed by atoms with Crippen LogP contribution in [0.2, 0.25) is 0 Å². The van der Waals surface area contributed by atoms with Crippen molar-refractivity contribution in [3.05, 3.63) is 42.2 Å². The average molecular weight is 355 g/mol. The summed E-state index contributed by atoms with van der Waals surface area (Å²) in [5.41, 5.74) is 1.22. The van der Waals surface area contributed by atoms with Crippen molar-refractivity contribution in [3.8, 4) is 0 Å². The second-order valence-electron chi connectivity index (χ2n) is 7.54. The van der Waals surface area contributed by atoms with Crippen LogP contribution in [0.25, 0.3) is 0 Å². The SMILES string of the molecule is CC=CCC(=O)N1CCC2(CCC(=O)N(CCc3ccccn3)C2)CC1. The number of pyridine rings is 1. The van der Waals surface area contributed by atoms with Crippen LogP contribution >= 0.6 is 0 Å². The largest absolute Gasteiger partial charge is 0.342 e. The first-order valence-electron chi connectivity index (χ1n) is 9.68. The van der Waals surface area contributed by atoms with E-state index in [1.54, 1.807) is 6.20 Å². The van der Waals surface area contributed by atoms with Gasteiger partial charge >= 0.3 is 0 Å². The van der Waals surface area contributed by atoms with Gasteiger partial charge in [0, 0.05) is 57.3 Å². The maximum atomic E-state index is 12.4. The van der Waals surface area contributed by atoms with Crippen molar-refractivity contribution in [2.45, 2.75) is 45.4 Å². The lowest BCUT2D eigenvalue weighted by atomic mass is 9.72. The van der Waals surface area contributed by atoms with Gasteiger partial charge in [-0.25, -0.2) is 0 Å². The number of hydrogen-bond acceptors (Lipinski definition) is 3. The molecule has 1 spiro atoms. The molecule has 0 bridgehead atoms. The highest BCUT2D eigenvalue weighted by Crippen LogP contribution is 2.40. The van der Waals surface area contributed by atoms with Gasteiger partial charge in [0.05, 0.1) is 0 Å². The number of hydrogen-bond donors (Lipinski definition) is 0. The van der Waals surface area contributed by atoms with E-state index < -0.39 is 0 Å². The fourth-order valence-electron chi connectivity index (χ4n) is 4.09. The first-order valence-corrected chi connectivity index (χ1v) is 9.68. The number of amides is 2. The molecule has 3 rings (SSSR count). The average Bonchev–Trinajstić information content (AvgIpc) is 2.68. The molecule has 2 aliphatic rings. The second-order valence-corrected chi connectivity index (χ2v) is 7.54. The third kappa shape index (κ3) is 4.51. The van der Waals surface area contributed by atoms with Gasteiger partial charge in [0.2, 0.25) is 11.8 Å². The Bertz CT molecular complexity index is 648. The molecule has 0 atom stereocenters. The number of aromatic nitrogens is 1. The molecule has 0 unspecified atom stereocenters. The molecule has 26 heavy (non-hydrogen) atoms. The maximum absolute atomic E-state index is 12.4. The van der Waals surface area contributed by atoms with Gasteiger partial charge in [-0.05, 0) is 43.7 Å². The minimum Gasteiger partial charge on any atom is -0.342 e. The Morgan fingerprint density at radius 1 is 1.27 bits per heavy atom. The Labute approximate surface area is 156 Å². The van der Waals surface area contributed by atoms with Crippen LogP contribution in [0.1, 0.15) is 44.7 Å². The lowest BCUT2D eigenvalue weighted by Gasteiger charge is -2.47. The van der Waals surface area contributed by atoms with E-state index >= 15 is 0 Å². The topological polar surface area (TPSA) is 53.5 Å². The predicted octanol–water partition coefficient (Wildman–Crippen LogP) is 2.82. The van der Waals surface area contributed by atoms with E-state index in [4.69, 9.17) is 0 Å². The van der Waals surface area contributed by atoms with E-state index in [2.05, 4.69) is 4.98 Å². The zero-order chi connectivity index (χ0) is 18.4. The zero-order valence-electron chi connectivity index (χ0n) is 15.7. The minimum absolute atomic E-state index is 0.190. The van der Waals surface area contributed by atoms with Gasteiger partial charge in [-0.15, -0.1) is 0 Å². The zero-order valence-corrected chi connectivity index (χ0v) is 15.7. The normalized spacial score (nSPS) is 20.1. The minimum atomic E-state index is 0.190. The first kappa shape index (κ1) is 18.6. The molecule has 0 radical (unpaired) electrons. The number of piperidine rings is 2. The molecule has 140 valence electrons. The summed E-state index contributed by atoms with van der Waals surface area (Å²) >= 11 is 0. The van der Waals surface area contributed by atoms with Crippen LogP contribution in [-0.4, -0.2) is 52.8 Å². The van der Waals surface area contributed by atoms with Crippen LogP contribution in [0.3, 0.4) is 0 Å². The van der Waals surface area contributed by atoms with Crippen LogP contribution in [0.4, 0.5) is 0 Å². The highest BCUT2D eigenvalue weighted by molar-refractivity contribution is 5.78. The van der Waals surface area contributed by atoms with Crippen LogP contribution < -0.4 is 0 Å². The van der Waals surface area contributed by atoms with Gasteiger partial charge < -0.3 is 9.80 Å². The van der Waals surface area contributed by atoms with Crippen molar-refractivity contribution in [2.24, 2.45) is 5.41 Å². The first-order chi connectivity index (χ1) is 12.6. The molecule has 5 nitrogen and oxygen atoms in total. The Hall–Kier alpha value is -2.17. The molecular formula is C21H29N3O2. The fourth-order valence-corrected chi connectivity index (χ4v) is 4.09. The van der Waals surface area contributed by atoms with Crippen LogP contribution in [0, 0.1) is 5.41 Å². The molecule has 5 heteroatoms. The Morgan fingerprint density at radius 2 is 2.08 bits per heavy atom. The summed E-state index contributed by atoms with van der Waals surface area (Å²) in [5.74, 6) is 0.481. The summed E-state index contributed by atoms with van der Waals surface area (Å²) in [4.78, 5) is 32.9. The molecule has 0 aliphatic carbocycles. The third-order valence-electron chi connectivity index (χ3n) is 5.82. The van der Waals surface area contributed by atoms with Crippen molar-refractivity contribution in [1.82, 2.24) is 14.8 Å². The molecule has 0 N–H and O–H groups in total. The molecule has 1 aromatic heterocycles. The van der Waals surface area contributed by atoms with Crippen LogP contribution in [0.5, 0.6) is 0 Å². The lowest BCUT2D eigenvalue weighted by molar-refractivity contribution is -0.142. The van der Waals surface area contributed by atoms with Gasteiger partial charge in [-0.3, -0.25) is 14.6 Å². The molecule has 2 amide bonds. The summed E-state index contributed by atoms with van der Waals surface area (Å²) in [7, 11) is 0. The van der Waals surface area contributed by atoms with Crippen molar-refractivity contribution in [1.29, 1.82) is 0 Å². The molecule has 1 aromatic rings. The number of carbonyl (C=O) groups excluding carboxylic acids is 2. The number of allylic oxidation sites excluding steroid dienone is 1. The molecular weight excluding hydrogens is 326 g/mol. The van der Waals surface area contributed by atoms with Gasteiger partial charge in [-0.1, -0.05) is 18.2 Å². The molecule has 0 aromatic carbocycles. The number of nitrogens with zero attached hydrogens (tertiary/aromatic N) is 3. The Kier molecular flexibility index (Phi) is 6.07. The number of likely N-dealkylation sites (tertiary alicyclic amines) is 2. The Morgan fingerprint density at radius 3 is 2.77 bits per heavy atom. The van der Waals surface area contributed by atoms with Crippen LogP contribution in [-0.2, 0) is 16.0 Å². The second kappa shape index (κ2) is 8.47. The summed E-state index contributed by atoms with van der Waals surface area (Å²) in [6.45, 7) is 5.14. The van der Waals surface area contributed by atoms with E-state index in [0.29, 0.717) is 12.8 Å². The van der Waals surface area contributed by atoms with Crippen LogP contribution in [0.15, 0.2) is 36.5 Å². The van der Waals surface area contributed by atoms with Gasteiger partial charge in [0.25, 0.3) is 0 Å². The predicted molar refractivity (Wildman–Crippen MR) is 101 cm³/mol.